The van der Waals surface area contributed by atoms with Crippen molar-refractivity contribution in [3.63, 3.8) is 0 Å². The van der Waals surface area contributed by atoms with Crippen LogP contribution in [-0.2, 0) is 9.53 Å². The van der Waals surface area contributed by atoms with E-state index in [9.17, 15) is 4.79 Å². The zero-order valence-corrected chi connectivity index (χ0v) is 8.58. The topological polar surface area (TPSA) is 29.5 Å². The summed E-state index contributed by atoms with van der Waals surface area (Å²) in [7, 11) is 1.57. The normalized spacial score (nSPS) is 20.5. The van der Waals surface area contributed by atoms with Crippen LogP contribution >= 0.6 is 0 Å². The van der Waals surface area contributed by atoms with E-state index in [1.165, 1.54) is 12.8 Å². The van der Waals surface area contributed by atoms with Crippen molar-refractivity contribution in [2.75, 3.05) is 33.4 Å². The number of hydrogen-bond donors (Lipinski definition) is 0. The Bertz CT molecular complexity index is 162. The highest BCUT2D eigenvalue weighted by molar-refractivity contribution is 5.81. The van der Waals surface area contributed by atoms with Gasteiger partial charge in [-0.1, -0.05) is 6.92 Å². The molecule has 0 N–H and O–H groups in total. The average molecular weight is 185 g/mol. The molecule has 0 bridgehead atoms. The van der Waals surface area contributed by atoms with E-state index >= 15 is 0 Å². The van der Waals surface area contributed by atoms with Crippen LogP contribution in [0.5, 0.6) is 0 Å². The van der Waals surface area contributed by atoms with Gasteiger partial charge < -0.3 is 4.74 Å². The number of nitrogens with zero attached hydrogens (tertiary/aromatic N) is 1. The Morgan fingerprint density at radius 3 is 2.62 bits per heavy atom. The molecule has 0 saturated carbocycles. The van der Waals surface area contributed by atoms with Gasteiger partial charge in [0.2, 0.25) is 0 Å². The Hall–Kier alpha value is -0.410. The lowest BCUT2D eigenvalue weighted by molar-refractivity contribution is -0.124. The molecule has 0 aromatic heterocycles. The number of carbonyl (C=O) groups is 1. The second kappa shape index (κ2) is 5.35. The molecule has 1 saturated heterocycles. The van der Waals surface area contributed by atoms with Gasteiger partial charge in [-0.05, 0) is 31.8 Å². The first-order valence-corrected chi connectivity index (χ1v) is 4.95. The molecule has 0 radical (unpaired) electrons. The molecular formula is C10H19NO2. The second-order valence-corrected chi connectivity index (χ2v) is 3.93. The highest BCUT2D eigenvalue weighted by Crippen LogP contribution is 2.15. The summed E-state index contributed by atoms with van der Waals surface area (Å²) in [4.78, 5) is 13.4. The molecule has 0 aromatic carbocycles. The Morgan fingerprint density at radius 2 is 2.08 bits per heavy atom. The lowest BCUT2D eigenvalue weighted by atomic mass is 9.99. The van der Waals surface area contributed by atoms with Crippen LogP contribution in [0.15, 0.2) is 0 Å². The molecule has 3 heteroatoms. The molecule has 0 unspecified atom stereocenters. The lowest BCUT2D eigenvalue weighted by Gasteiger charge is -2.29. The Kier molecular flexibility index (Phi) is 4.39. The van der Waals surface area contributed by atoms with Gasteiger partial charge in [-0.3, -0.25) is 9.69 Å². The number of Topliss-reactive ketones (excluding diaryl/α,β-unsaturated/α-hetero) is 1. The van der Waals surface area contributed by atoms with E-state index in [4.69, 9.17) is 4.74 Å². The summed E-state index contributed by atoms with van der Waals surface area (Å²) in [5.74, 6) is 1.02. The second-order valence-electron chi connectivity index (χ2n) is 3.93. The number of hydrogen-bond acceptors (Lipinski definition) is 3. The van der Waals surface area contributed by atoms with Crippen molar-refractivity contribution in [1.82, 2.24) is 4.90 Å². The molecule has 13 heavy (non-hydrogen) atoms. The van der Waals surface area contributed by atoms with Crippen molar-refractivity contribution in [2.24, 2.45) is 5.92 Å². The molecule has 0 atom stereocenters. The number of rotatable bonds is 4. The van der Waals surface area contributed by atoms with Crippen molar-refractivity contribution in [3.8, 4) is 0 Å². The van der Waals surface area contributed by atoms with E-state index in [1.807, 2.05) is 0 Å². The summed E-state index contributed by atoms with van der Waals surface area (Å²) in [6.45, 7) is 5.23. The molecule has 0 amide bonds. The number of piperidine rings is 1. The third-order valence-electron chi connectivity index (χ3n) is 2.58. The van der Waals surface area contributed by atoms with Gasteiger partial charge in [-0.15, -0.1) is 0 Å². The number of carbonyl (C=O) groups excluding carboxylic acids is 1. The van der Waals surface area contributed by atoms with Crippen LogP contribution in [0.3, 0.4) is 0 Å². The molecule has 1 aliphatic heterocycles. The first kappa shape index (κ1) is 10.7. The number of ether oxygens (including phenoxy) is 1. The zero-order valence-electron chi connectivity index (χ0n) is 8.58. The lowest BCUT2D eigenvalue weighted by Crippen LogP contribution is -2.37. The average Bonchev–Trinajstić information content (AvgIpc) is 2.09. The van der Waals surface area contributed by atoms with Gasteiger partial charge in [0, 0.05) is 7.11 Å². The minimum atomic E-state index is 0.192. The smallest absolute Gasteiger partial charge is 0.172 e. The largest absolute Gasteiger partial charge is 0.377 e. The summed E-state index contributed by atoms with van der Waals surface area (Å²) in [5, 5.41) is 0. The Labute approximate surface area is 80.1 Å². The van der Waals surface area contributed by atoms with Crippen molar-refractivity contribution >= 4 is 5.78 Å². The fraction of sp³-hybridized carbons (Fsp3) is 0.900. The van der Waals surface area contributed by atoms with Crippen LogP contribution in [-0.4, -0.2) is 44.0 Å². The summed E-state index contributed by atoms with van der Waals surface area (Å²) >= 11 is 0. The van der Waals surface area contributed by atoms with Crippen LogP contribution in [0.25, 0.3) is 0 Å². The zero-order chi connectivity index (χ0) is 9.68. The quantitative estimate of drug-likeness (QED) is 0.652. The molecule has 76 valence electrons. The summed E-state index contributed by atoms with van der Waals surface area (Å²) in [5.41, 5.74) is 0. The van der Waals surface area contributed by atoms with Gasteiger partial charge in [0.15, 0.2) is 5.78 Å². The molecule has 1 aliphatic rings. The Morgan fingerprint density at radius 1 is 1.46 bits per heavy atom. The van der Waals surface area contributed by atoms with Crippen LogP contribution in [0.4, 0.5) is 0 Å². The maximum atomic E-state index is 11.2. The monoisotopic (exact) mass is 185 g/mol. The van der Waals surface area contributed by atoms with Gasteiger partial charge in [0.25, 0.3) is 0 Å². The molecule has 3 nitrogen and oxygen atoms in total. The molecule has 1 heterocycles. The van der Waals surface area contributed by atoms with Gasteiger partial charge in [0.1, 0.15) is 6.61 Å². The molecule has 0 spiro atoms. The van der Waals surface area contributed by atoms with Crippen LogP contribution in [0, 0.1) is 5.92 Å². The minimum absolute atomic E-state index is 0.192. The molecule has 0 aliphatic carbocycles. The van der Waals surface area contributed by atoms with E-state index in [0.717, 1.165) is 19.0 Å². The predicted molar refractivity (Wildman–Crippen MR) is 51.7 cm³/mol. The van der Waals surface area contributed by atoms with E-state index in [-0.39, 0.29) is 12.4 Å². The van der Waals surface area contributed by atoms with Gasteiger partial charge in [-0.2, -0.15) is 0 Å². The fourth-order valence-corrected chi connectivity index (χ4v) is 1.68. The Balaban J connectivity index is 2.18. The maximum absolute atomic E-state index is 11.2. The third kappa shape index (κ3) is 3.87. The van der Waals surface area contributed by atoms with Crippen molar-refractivity contribution in [2.45, 2.75) is 19.8 Å². The summed E-state index contributed by atoms with van der Waals surface area (Å²) in [6.07, 6.45) is 2.44. The summed E-state index contributed by atoms with van der Waals surface area (Å²) < 4.78 is 4.79. The van der Waals surface area contributed by atoms with E-state index < -0.39 is 0 Å². The van der Waals surface area contributed by atoms with Crippen LogP contribution in [0.2, 0.25) is 0 Å². The van der Waals surface area contributed by atoms with Gasteiger partial charge in [0.05, 0.1) is 6.54 Å². The third-order valence-corrected chi connectivity index (χ3v) is 2.58. The highest BCUT2D eigenvalue weighted by atomic mass is 16.5. The fourth-order valence-electron chi connectivity index (χ4n) is 1.68. The number of likely N-dealkylation sites (tertiary alicyclic amines) is 1. The first-order valence-electron chi connectivity index (χ1n) is 4.95. The van der Waals surface area contributed by atoms with Crippen molar-refractivity contribution in [3.05, 3.63) is 0 Å². The minimum Gasteiger partial charge on any atom is -0.377 e. The van der Waals surface area contributed by atoms with Gasteiger partial charge in [-0.25, -0.2) is 0 Å². The number of ketones is 1. The van der Waals surface area contributed by atoms with Gasteiger partial charge >= 0.3 is 0 Å². The van der Waals surface area contributed by atoms with Crippen molar-refractivity contribution < 1.29 is 9.53 Å². The standard InChI is InChI=1S/C10H19NO2/c1-9-3-5-11(6-4-9)7-10(12)8-13-2/h9H,3-8H2,1-2H3. The number of methoxy groups -OCH3 is 1. The molecule has 1 fully saturated rings. The highest BCUT2D eigenvalue weighted by Gasteiger charge is 2.17. The van der Waals surface area contributed by atoms with E-state index in [0.29, 0.717) is 6.54 Å². The first-order chi connectivity index (χ1) is 6.22. The SMILES string of the molecule is COCC(=O)CN1CCC(C)CC1. The van der Waals surface area contributed by atoms with Crippen LogP contribution < -0.4 is 0 Å². The maximum Gasteiger partial charge on any atom is 0.172 e. The predicted octanol–water partition coefficient (Wildman–Crippen LogP) is 0.934. The van der Waals surface area contributed by atoms with E-state index in [1.54, 1.807) is 7.11 Å². The summed E-state index contributed by atoms with van der Waals surface area (Å²) in [6, 6.07) is 0. The van der Waals surface area contributed by atoms with E-state index in [2.05, 4.69) is 11.8 Å². The molecular weight excluding hydrogens is 166 g/mol. The van der Waals surface area contributed by atoms with Crippen LogP contribution in [0.1, 0.15) is 19.8 Å². The molecule has 0 aromatic rings. The molecule has 1 rings (SSSR count). The van der Waals surface area contributed by atoms with Crippen molar-refractivity contribution in [1.29, 1.82) is 0 Å².